The summed E-state index contributed by atoms with van der Waals surface area (Å²) < 4.78 is 26.1. The van der Waals surface area contributed by atoms with Gasteiger partial charge in [-0.25, -0.2) is 15.0 Å². The van der Waals surface area contributed by atoms with Crippen LogP contribution in [0.1, 0.15) is 33.7 Å². The molecule has 0 spiro atoms. The first-order valence-corrected chi connectivity index (χ1v) is 10.7. The first kappa shape index (κ1) is 20.2. The summed E-state index contributed by atoms with van der Waals surface area (Å²) >= 11 is 0. The van der Waals surface area contributed by atoms with Gasteiger partial charge >= 0.3 is 7.60 Å². The van der Waals surface area contributed by atoms with Crippen LogP contribution in [0.15, 0.2) is 12.7 Å². The van der Waals surface area contributed by atoms with Crippen molar-refractivity contribution in [3.05, 3.63) is 12.7 Å². The fourth-order valence-corrected chi connectivity index (χ4v) is 5.52. The minimum absolute atomic E-state index is 0.112. The molecule has 0 saturated carbocycles. The highest BCUT2D eigenvalue weighted by molar-refractivity contribution is 7.53. The van der Waals surface area contributed by atoms with Gasteiger partial charge in [0, 0.05) is 13.1 Å². The third-order valence-electron chi connectivity index (χ3n) is 4.20. The van der Waals surface area contributed by atoms with E-state index in [1.54, 1.807) is 10.9 Å². The van der Waals surface area contributed by atoms with Crippen LogP contribution in [-0.4, -0.2) is 67.2 Å². The molecule has 2 aromatic heterocycles. The van der Waals surface area contributed by atoms with Crippen LogP contribution in [0.25, 0.3) is 11.2 Å². The predicted octanol–water partition coefficient (Wildman–Crippen LogP) is 1.63. The number of nitrogens with zero attached hydrogens (tertiary/aromatic N) is 5. The maximum absolute atomic E-state index is 13.1. The Morgan fingerprint density at radius 2 is 1.89 bits per heavy atom. The highest BCUT2D eigenvalue weighted by Gasteiger charge is 2.39. The summed E-state index contributed by atoms with van der Waals surface area (Å²) in [5, 5.41) is 10.6. The number of hydrogen-bond donors (Lipinski definition) is 2. The molecule has 10 nitrogen and oxygen atoms in total. The lowest BCUT2D eigenvalue weighted by molar-refractivity contribution is 0.128. The highest BCUT2D eigenvalue weighted by Crippen LogP contribution is 2.51. The smallest absolute Gasteiger partial charge is 0.345 e. The Hall–Kier alpha value is -1.58. The van der Waals surface area contributed by atoms with Crippen molar-refractivity contribution < 1.29 is 18.7 Å². The van der Waals surface area contributed by atoms with Gasteiger partial charge in [-0.3, -0.25) is 9.46 Å². The van der Waals surface area contributed by atoms with Crippen LogP contribution in [0.4, 0.5) is 5.82 Å². The zero-order chi connectivity index (χ0) is 19.8. The number of nitrogens with two attached hydrogens (primary N) is 1. The average Bonchev–Trinajstić information content (AvgIpc) is 3.09. The fraction of sp³-hybridized carbons (Fsp3) is 0.688. The van der Waals surface area contributed by atoms with E-state index < -0.39 is 13.7 Å². The number of imidazole rings is 1. The van der Waals surface area contributed by atoms with Crippen molar-refractivity contribution in [1.82, 2.24) is 24.4 Å². The summed E-state index contributed by atoms with van der Waals surface area (Å²) in [6.45, 7) is 8.08. The van der Waals surface area contributed by atoms with E-state index in [0.717, 1.165) is 0 Å². The van der Waals surface area contributed by atoms with E-state index in [1.807, 2.05) is 32.6 Å². The van der Waals surface area contributed by atoms with Gasteiger partial charge < -0.3 is 24.5 Å². The van der Waals surface area contributed by atoms with E-state index in [-0.39, 0.29) is 24.5 Å². The second kappa shape index (κ2) is 7.81. The zero-order valence-corrected chi connectivity index (χ0v) is 16.9. The summed E-state index contributed by atoms with van der Waals surface area (Å²) in [7, 11) is -3.32. The van der Waals surface area contributed by atoms with Crippen molar-refractivity contribution in [2.24, 2.45) is 0 Å². The Bertz CT molecular complexity index is 827. The van der Waals surface area contributed by atoms with Gasteiger partial charge in [-0.2, -0.15) is 0 Å². The number of aromatic nitrogens is 4. The first-order valence-electron chi connectivity index (χ1n) is 8.98. The zero-order valence-electron chi connectivity index (χ0n) is 16.0. The third kappa shape index (κ3) is 4.47. The number of aliphatic hydroxyl groups is 1. The molecule has 3 heterocycles. The molecule has 2 atom stereocenters. The molecule has 3 N–H and O–H groups in total. The monoisotopic (exact) mass is 398 g/mol. The van der Waals surface area contributed by atoms with Gasteiger partial charge in [0.2, 0.25) is 0 Å². The Balaban J connectivity index is 1.79. The van der Waals surface area contributed by atoms with Gasteiger partial charge in [0.1, 0.15) is 18.1 Å². The standard InChI is InChI=1S/C16H27N6O4P/c1-10(2)25-27(24,26-11(3)4)9-21-5-12(13(23)6-21)22-8-20-14-15(17)18-7-19-16(14)22/h7-8,10-13,23H,5-6,9H2,1-4H3,(H2,17,18,19)/t12-,13+/m1/s1. The number of likely N-dealkylation sites (tertiary alicyclic amines) is 1. The molecule has 150 valence electrons. The van der Waals surface area contributed by atoms with Crippen LogP contribution >= 0.6 is 7.60 Å². The van der Waals surface area contributed by atoms with Crippen LogP contribution in [0.3, 0.4) is 0 Å². The molecular weight excluding hydrogens is 371 g/mol. The molecule has 0 amide bonds. The Morgan fingerprint density at radius 3 is 2.52 bits per heavy atom. The molecule has 1 saturated heterocycles. The largest absolute Gasteiger partial charge is 0.390 e. The quantitative estimate of drug-likeness (QED) is 0.669. The van der Waals surface area contributed by atoms with Crippen LogP contribution in [0.2, 0.25) is 0 Å². The Labute approximate surface area is 158 Å². The predicted molar refractivity (Wildman–Crippen MR) is 101 cm³/mol. The van der Waals surface area contributed by atoms with Crippen molar-refractivity contribution in [3.63, 3.8) is 0 Å². The minimum Gasteiger partial charge on any atom is -0.390 e. The number of nitrogen functional groups attached to an aromatic ring is 1. The maximum Gasteiger partial charge on any atom is 0.345 e. The summed E-state index contributed by atoms with van der Waals surface area (Å²) in [6.07, 6.45) is 1.95. The van der Waals surface area contributed by atoms with Gasteiger partial charge in [-0.05, 0) is 27.7 Å². The molecule has 27 heavy (non-hydrogen) atoms. The topological polar surface area (TPSA) is 129 Å². The molecular formula is C16H27N6O4P. The van der Waals surface area contributed by atoms with Gasteiger partial charge in [0.05, 0.1) is 30.7 Å². The number of β-amino-alcohol motifs (C(OH)–C–C–N with tert-alkyl or cyclic N) is 1. The number of rotatable bonds is 7. The third-order valence-corrected chi connectivity index (χ3v) is 6.43. The number of anilines is 1. The summed E-state index contributed by atoms with van der Waals surface area (Å²) in [5.41, 5.74) is 6.90. The van der Waals surface area contributed by atoms with Crippen LogP contribution < -0.4 is 5.73 Å². The molecule has 0 aliphatic carbocycles. The molecule has 0 unspecified atom stereocenters. The maximum atomic E-state index is 13.1. The van der Waals surface area contributed by atoms with E-state index in [9.17, 15) is 9.67 Å². The molecule has 1 aliphatic rings. The number of fused-ring (bicyclic) bond motifs is 1. The molecule has 3 rings (SSSR count). The molecule has 1 fully saturated rings. The first-order chi connectivity index (χ1) is 12.7. The van der Waals surface area contributed by atoms with E-state index in [0.29, 0.717) is 30.1 Å². The van der Waals surface area contributed by atoms with Crippen LogP contribution in [0, 0.1) is 0 Å². The van der Waals surface area contributed by atoms with E-state index in [4.69, 9.17) is 14.8 Å². The summed E-state index contributed by atoms with van der Waals surface area (Å²) in [6, 6.07) is -0.296. The molecule has 1 aliphatic heterocycles. The number of aliphatic hydroxyl groups excluding tert-OH is 1. The summed E-state index contributed by atoms with van der Waals surface area (Å²) in [5.74, 6) is 0.295. The fourth-order valence-electron chi connectivity index (χ4n) is 3.33. The minimum atomic E-state index is -3.32. The second-order valence-electron chi connectivity index (χ2n) is 7.31. The molecule has 0 aromatic carbocycles. The van der Waals surface area contributed by atoms with Crippen molar-refractivity contribution in [1.29, 1.82) is 0 Å². The molecule has 2 aromatic rings. The SMILES string of the molecule is CC(C)OP(=O)(CN1C[C@@H](n2cnc3c(N)ncnc32)[C@@H](O)C1)OC(C)C. The van der Waals surface area contributed by atoms with E-state index >= 15 is 0 Å². The molecule has 0 bridgehead atoms. The van der Waals surface area contributed by atoms with Crippen LogP contribution in [-0.2, 0) is 13.6 Å². The van der Waals surface area contributed by atoms with Crippen molar-refractivity contribution in [3.8, 4) is 0 Å². The Kier molecular flexibility index (Phi) is 5.83. The van der Waals surface area contributed by atoms with Gasteiger partial charge in [-0.1, -0.05) is 0 Å². The highest BCUT2D eigenvalue weighted by atomic mass is 31.2. The average molecular weight is 398 g/mol. The lowest BCUT2D eigenvalue weighted by Crippen LogP contribution is -2.26. The lowest BCUT2D eigenvalue weighted by Gasteiger charge is -2.26. The van der Waals surface area contributed by atoms with Gasteiger partial charge in [0.15, 0.2) is 11.5 Å². The van der Waals surface area contributed by atoms with Crippen molar-refractivity contribution >= 4 is 24.6 Å². The normalized spacial score (nSPS) is 21.7. The number of hydrogen-bond acceptors (Lipinski definition) is 9. The Morgan fingerprint density at radius 1 is 1.22 bits per heavy atom. The van der Waals surface area contributed by atoms with E-state index in [1.165, 1.54) is 6.33 Å². The van der Waals surface area contributed by atoms with Crippen molar-refractivity contribution in [2.75, 3.05) is 25.1 Å². The van der Waals surface area contributed by atoms with Crippen LogP contribution in [0.5, 0.6) is 0 Å². The van der Waals surface area contributed by atoms with Gasteiger partial charge in [0.25, 0.3) is 0 Å². The lowest BCUT2D eigenvalue weighted by atomic mass is 10.2. The van der Waals surface area contributed by atoms with Gasteiger partial charge in [-0.15, -0.1) is 0 Å². The molecule has 11 heteroatoms. The molecule has 0 radical (unpaired) electrons. The van der Waals surface area contributed by atoms with E-state index in [2.05, 4.69) is 15.0 Å². The summed E-state index contributed by atoms with van der Waals surface area (Å²) in [4.78, 5) is 14.3. The second-order valence-corrected chi connectivity index (χ2v) is 9.24. The van der Waals surface area contributed by atoms with Crippen molar-refractivity contribution in [2.45, 2.75) is 52.0 Å².